The molecule has 2 aliphatic rings. The van der Waals surface area contributed by atoms with Crippen LogP contribution in [0.15, 0.2) is 12.1 Å². The Hall–Kier alpha value is -1.66. The van der Waals surface area contributed by atoms with Gasteiger partial charge in [0.15, 0.2) is 0 Å². The molecule has 3 N–H and O–H groups in total. The van der Waals surface area contributed by atoms with E-state index in [1.165, 1.54) is 17.0 Å². The molecule has 6 nitrogen and oxygen atoms in total. The topological polar surface area (TPSA) is 92.9 Å². The third kappa shape index (κ3) is 2.18. The summed E-state index contributed by atoms with van der Waals surface area (Å²) in [7, 11) is 0. The van der Waals surface area contributed by atoms with Gasteiger partial charge in [-0.3, -0.25) is 4.79 Å². The minimum absolute atomic E-state index is 0.0135. The summed E-state index contributed by atoms with van der Waals surface area (Å²) >= 11 is 12.1. The molecular weight excluding hydrogens is 319 g/mol. The van der Waals surface area contributed by atoms with Crippen molar-refractivity contribution in [1.29, 1.82) is 0 Å². The second-order valence-electron chi connectivity index (χ2n) is 5.15. The smallest absolute Gasteiger partial charge is 0.411 e. The van der Waals surface area contributed by atoms with E-state index in [0.717, 1.165) is 0 Å². The van der Waals surface area contributed by atoms with E-state index in [-0.39, 0.29) is 16.7 Å². The number of hydrogen-bond donors (Lipinski definition) is 2. The molecule has 3 rings (SSSR count). The Balaban J connectivity index is 1.93. The Kier molecular flexibility index (Phi) is 3.37. The number of phenolic OH excluding ortho intramolecular Hbond substituents is 1. The fraction of sp³-hybridized carbons (Fsp3) is 0.385. The zero-order chi connectivity index (χ0) is 15.3. The first-order chi connectivity index (χ1) is 9.90. The van der Waals surface area contributed by atoms with E-state index < -0.39 is 24.1 Å². The normalized spacial score (nSPS) is 27.6. The minimum Gasteiger partial charge on any atom is -0.508 e. The average molecular weight is 331 g/mol. The van der Waals surface area contributed by atoms with Crippen molar-refractivity contribution in [3.63, 3.8) is 0 Å². The van der Waals surface area contributed by atoms with E-state index >= 15 is 0 Å². The number of halogens is 2. The summed E-state index contributed by atoms with van der Waals surface area (Å²) in [6.07, 6.45) is -1.13. The van der Waals surface area contributed by atoms with Crippen molar-refractivity contribution in [3.8, 4) is 5.75 Å². The predicted molar refractivity (Wildman–Crippen MR) is 75.4 cm³/mol. The van der Waals surface area contributed by atoms with Gasteiger partial charge in [-0.15, -0.1) is 0 Å². The molecule has 2 heterocycles. The van der Waals surface area contributed by atoms with Gasteiger partial charge in [0, 0.05) is 18.0 Å². The number of hydrogen-bond acceptors (Lipinski definition) is 4. The van der Waals surface area contributed by atoms with E-state index in [1.807, 2.05) is 0 Å². The summed E-state index contributed by atoms with van der Waals surface area (Å²) < 4.78 is 4.95. The number of nitrogens with two attached hydrogens (primary N) is 1. The van der Waals surface area contributed by atoms with Gasteiger partial charge in [0.2, 0.25) is 6.10 Å². The Labute approximate surface area is 130 Å². The largest absolute Gasteiger partial charge is 0.508 e. The number of ether oxygens (including phenoxy) is 1. The first-order valence-corrected chi connectivity index (χ1v) is 7.09. The van der Waals surface area contributed by atoms with Gasteiger partial charge in [-0.1, -0.05) is 23.2 Å². The van der Waals surface area contributed by atoms with Gasteiger partial charge in [-0.2, -0.15) is 0 Å². The monoisotopic (exact) mass is 330 g/mol. The van der Waals surface area contributed by atoms with Crippen molar-refractivity contribution in [2.24, 2.45) is 5.73 Å². The van der Waals surface area contributed by atoms with Gasteiger partial charge < -0.3 is 20.5 Å². The van der Waals surface area contributed by atoms with Crippen molar-refractivity contribution in [1.82, 2.24) is 4.90 Å². The summed E-state index contributed by atoms with van der Waals surface area (Å²) in [5.41, 5.74) is 5.73. The fourth-order valence-electron chi connectivity index (χ4n) is 3.02. The second-order valence-corrected chi connectivity index (χ2v) is 5.94. The molecule has 0 radical (unpaired) electrons. The van der Waals surface area contributed by atoms with E-state index in [2.05, 4.69) is 0 Å². The molecule has 2 amide bonds. The zero-order valence-electron chi connectivity index (χ0n) is 10.8. The Morgan fingerprint density at radius 3 is 2.81 bits per heavy atom. The van der Waals surface area contributed by atoms with E-state index in [9.17, 15) is 14.7 Å². The highest BCUT2D eigenvalue weighted by Crippen LogP contribution is 2.45. The maximum absolute atomic E-state index is 11.8. The molecule has 0 aromatic heterocycles. The molecule has 1 aromatic rings. The highest BCUT2D eigenvalue weighted by atomic mass is 35.5. The molecule has 1 aromatic carbocycles. The molecule has 0 bridgehead atoms. The number of rotatable bonds is 2. The van der Waals surface area contributed by atoms with Crippen molar-refractivity contribution in [3.05, 3.63) is 27.7 Å². The van der Waals surface area contributed by atoms with E-state index in [0.29, 0.717) is 23.6 Å². The van der Waals surface area contributed by atoms with Crippen LogP contribution in [0.5, 0.6) is 5.75 Å². The molecule has 2 saturated heterocycles. The van der Waals surface area contributed by atoms with Crippen molar-refractivity contribution < 1.29 is 19.4 Å². The average Bonchev–Trinajstić information content (AvgIpc) is 2.96. The summed E-state index contributed by atoms with van der Waals surface area (Å²) in [6, 6.07) is 2.52. The van der Waals surface area contributed by atoms with Crippen molar-refractivity contribution >= 4 is 35.2 Å². The number of amides is 2. The lowest BCUT2D eigenvalue weighted by Gasteiger charge is -2.16. The summed E-state index contributed by atoms with van der Waals surface area (Å²) in [5.74, 6) is -0.895. The lowest BCUT2D eigenvalue weighted by molar-refractivity contribution is -0.125. The molecule has 21 heavy (non-hydrogen) atoms. The van der Waals surface area contributed by atoms with Crippen LogP contribution in [0, 0.1) is 0 Å². The van der Waals surface area contributed by atoms with Crippen LogP contribution in [0.25, 0.3) is 0 Å². The summed E-state index contributed by atoms with van der Waals surface area (Å²) in [4.78, 5) is 24.5. The number of carbonyl (C=O) groups is 2. The van der Waals surface area contributed by atoms with Gasteiger partial charge in [0.05, 0.1) is 16.1 Å². The maximum Gasteiger partial charge on any atom is 0.411 e. The second kappa shape index (κ2) is 4.96. The molecule has 0 aliphatic carbocycles. The molecule has 8 heteroatoms. The Morgan fingerprint density at radius 2 is 2.14 bits per heavy atom. The summed E-state index contributed by atoms with van der Waals surface area (Å²) in [6.45, 7) is 0.293. The van der Waals surface area contributed by atoms with Crippen molar-refractivity contribution in [2.45, 2.75) is 24.5 Å². The SMILES string of the molecule is NC(=O)C1OC(=O)N2C[C@@H](c3c(O)ccc(Cl)c3Cl)C[C@@H]12. The Morgan fingerprint density at radius 1 is 1.43 bits per heavy atom. The third-order valence-electron chi connectivity index (χ3n) is 3.95. The van der Waals surface area contributed by atoms with Crippen LogP contribution < -0.4 is 5.73 Å². The first kappa shape index (κ1) is 14.3. The van der Waals surface area contributed by atoms with Crippen LogP contribution in [-0.4, -0.2) is 40.7 Å². The first-order valence-electron chi connectivity index (χ1n) is 6.33. The molecule has 1 unspecified atom stereocenters. The standard InChI is InChI=1S/C13H12Cl2N2O4/c14-6-1-2-8(18)9(10(6)15)5-3-7-11(12(16)19)21-13(20)17(7)4-5/h1-2,5,7,11,18H,3-4H2,(H2,16,19)/t5-,7-,11?/m0/s1. The minimum atomic E-state index is -0.970. The third-order valence-corrected chi connectivity index (χ3v) is 4.77. The highest BCUT2D eigenvalue weighted by Gasteiger charge is 2.51. The van der Waals surface area contributed by atoms with Crippen LogP contribution in [0.4, 0.5) is 4.79 Å². The Bertz CT molecular complexity index is 637. The van der Waals surface area contributed by atoms with Crippen LogP contribution in [0.1, 0.15) is 17.9 Å². The fourth-order valence-corrected chi connectivity index (χ4v) is 3.50. The molecular formula is C13H12Cl2N2O4. The van der Waals surface area contributed by atoms with Gasteiger partial charge >= 0.3 is 6.09 Å². The van der Waals surface area contributed by atoms with Crippen LogP contribution >= 0.6 is 23.2 Å². The van der Waals surface area contributed by atoms with Gasteiger partial charge in [-0.25, -0.2) is 4.79 Å². The van der Waals surface area contributed by atoms with E-state index in [4.69, 9.17) is 33.7 Å². The molecule has 2 aliphatic heterocycles. The number of cyclic esters (lactones) is 1. The van der Waals surface area contributed by atoms with Crippen LogP contribution in [0.2, 0.25) is 10.0 Å². The number of carbonyl (C=O) groups excluding carboxylic acids is 2. The quantitative estimate of drug-likeness (QED) is 0.865. The molecule has 112 valence electrons. The lowest BCUT2D eigenvalue weighted by atomic mass is 9.93. The van der Waals surface area contributed by atoms with Gasteiger partial charge in [0.1, 0.15) is 5.75 Å². The summed E-state index contributed by atoms with van der Waals surface area (Å²) in [5, 5.41) is 10.6. The molecule has 2 fully saturated rings. The number of phenols is 1. The van der Waals surface area contributed by atoms with E-state index in [1.54, 1.807) is 0 Å². The lowest BCUT2D eigenvalue weighted by Crippen LogP contribution is -2.38. The molecule has 0 spiro atoms. The number of aromatic hydroxyl groups is 1. The number of nitrogens with zero attached hydrogens (tertiary/aromatic N) is 1. The van der Waals surface area contributed by atoms with Crippen LogP contribution in [-0.2, 0) is 9.53 Å². The zero-order valence-corrected chi connectivity index (χ0v) is 12.3. The van der Waals surface area contributed by atoms with Gasteiger partial charge in [-0.05, 0) is 18.6 Å². The van der Waals surface area contributed by atoms with Gasteiger partial charge in [0.25, 0.3) is 5.91 Å². The number of benzene rings is 1. The number of fused-ring (bicyclic) bond motifs is 1. The highest BCUT2D eigenvalue weighted by molar-refractivity contribution is 6.42. The number of primary amides is 1. The molecule has 3 atom stereocenters. The predicted octanol–water partition coefficient (Wildman–Crippen LogP) is 1.86. The molecule has 0 saturated carbocycles. The maximum atomic E-state index is 11.8. The van der Waals surface area contributed by atoms with Crippen LogP contribution in [0.3, 0.4) is 0 Å². The van der Waals surface area contributed by atoms with Crippen molar-refractivity contribution in [2.75, 3.05) is 6.54 Å².